The van der Waals surface area contributed by atoms with Gasteiger partial charge in [-0.05, 0) is 25.0 Å². The van der Waals surface area contributed by atoms with E-state index in [2.05, 4.69) is 12.2 Å². The van der Waals surface area contributed by atoms with Crippen LogP contribution < -0.4 is 5.32 Å². The van der Waals surface area contributed by atoms with Crippen LogP contribution in [0.4, 0.5) is 4.79 Å². The van der Waals surface area contributed by atoms with Gasteiger partial charge in [0.15, 0.2) is 0 Å². The van der Waals surface area contributed by atoms with E-state index in [4.69, 9.17) is 0 Å². The monoisotopic (exact) mass is 276 g/mol. The lowest BCUT2D eigenvalue weighted by atomic mass is 10.2. The fourth-order valence-corrected chi connectivity index (χ4v) is 1.82. The van der Waals surface area contributed by atoms with Crippen molar-refractivity contribution in [3.63, 3.8) is 0 Å². The quantitative estimate of drug-likeness (QED) is 0.776. The Hall–Kier alpha value is -1.84. The minimum atomic E-state index is -0.291. The predicted molar refractivity (Wildman–Crippen MR) is 80.7 cm³/mol. The smallest absolute Gasteiger partial charge is 0.324 e. The van der Waals surface area contributed by atoms with Crippen molar-refractivity contribution in [2.75, 3.05) is 13.1 Å². The Kier molecular flexibility index (Phi) is 7.40. The van der Waals surface area contributed by atoms with Gasteiger partial charge >= 0.3 is 6.03 Å². The zero-order valence-corrected chi connectivity index (χ0v) is 12.4. The molecule has 0 aromatic heterocycles. The minimum absolute atomic E-state index is 0.229. The Morgan fingerprint density at radius 2 is 1.70 bits per heavy atom. The standard InChI is InChI=1S/C16H24N2O2/c1-3-5-12-17-16(20)18(13-6-4-2)15(19)14-10-8-7-9-11-14/h7-11H,3-6,12-13H2,1-2H3,(H,17,20). The number of carbonyl (C=O) groups is 2. The molecular formula is C16H24N2O2. The summed E-state index contributed by atoms with van der Waals surface area (Å²) < 4.78 is 0. The first-order valence-electron chi connectivity index (χ1n) is 7.35. The van der Waals surface area contributed by atoms with Crippen LogP contribution in [0.1, 0.15) is 49.9 Å². The third-order valence-electron chi connectivity index (χ3n) is 3.05. The first-order valence-corrected chi connectivity index (χ1v) is 7.35. The number of imide groups is 1. The van der Waals surface area contributed by atoms with Crippen molar-refractivity contribution in [3.8, 4) is 0 Å². The van der Waals surface area contributed by atoms with Gasteiger partial charge in [-0.3, -0.25) is 9.69 Å². The highest BCUT2D eigenvalue weighted by Crippen LogP contribution is 2.07. The number of hydrogen-bond donors (Lipinski definition) is 1. The van der Waals surface area contributed by atoms with Gasteiger partial charge in [-0.25, -0.2) is 4.79 Å². The van der Waals surface area contributed by atoms with E-state index < -0.39 is 0 Å². The van der Waals surface area contributed by atoms with E-state index >= 15 is 0 Å². The Morgan fingerprint density at radius 3 is 2.30 bits per heavy atom. The van der Waals surface area contributed by atoms with Crippen molar-refractivity contribution in [2.24, 2.45) is 0 Å². The van der Waals surface area contributed by atoms with E-state index in [1.165, 1.54) is 4.90 Å². The van der Waals surface area contributed by atoms with Crippen molar-refractivity contribution < 1.29 is 9.59 Å². The summed E-state index contributed by atoms with van der Waals surface area (Å²) in [6, 6.07) is 8.65. The van der Waals surface area contributed by atoms with Crippen molar-refractivity contribution in [1.29, 1.82) is 0 Å². The summed E-state index contributed by atoms with van der Waals surface area (Å²) in [7, 11) is 0. The van der Waals surface area contributed by atoms with Gasteiger partial charge in [0.2, 0.25) is 0 Å². The van der Waals surface area contributed by atoms with Gasteiger partial charge in [0.1, 0.15) is 0 Å². The van der Waals surface area contributed by atoms with Gasteiger partial charge in [-0.1, -0.05) is 44.9 Å². The largest absolute Gasteiger partial charge is 0.338 e. The lowest BCUT2D eigenvalue weighted by molar-refractivity contribution is 0.0798. The van der Waals surface area contributed by atoms with Crippen molar-refractivity contribution in [3.05, 3.63) is 35.9 Å². The maximum atomic E-state index is 12.4. The average Bonchev–Trinajstić information content (AvgIpc) is 2.48. The molecule has 0 spiro atoms. The summed E-state index contributed by atoms with van der Waals surface area (Å²) in [5.41, 5.74) is 0.550. The summed E-state index contributed by atoms with van der Waals surface area (Å²) >= 11 is 0. The molecule has 4 heteroatoms. The summed E-state index contributed by atoms with van der Waals surface area (Å²) in [6.07, 6.45) is 3.70. The molecular weight excluding hydrogens is 252 g/mol. The highest BCUT2D eigenvalue weighted by molar-refractivity contribution is 6.04. The second-order valence-electron chi connectivity index (χ2n) is 4.76. The second kappa shape index (κ2) is 9.13. The maximum absolute atomic E-state index is 12.4. The summed E-state index contributed by atoms with van der Waals surface area (Å²) in [5.74, 6) is -0.229. The van der Waals surface area contributed by atoms with Crippen molar-refractivity contribution in [2.45, 2.75) is 39.5 Å². The van der Waals surface area contributed by atoms with Gasteiger partial charge in [-0.2, -0.15) is 0 Å². The van der Waals surface area contributed by atoms with Gasteiger partial charge in [0.05, 0.1) is 0 Å². The number of unbranched alkanes of at least 4 members (excludes halogenated alkanes) is 2. The number of benzene rings is 1. The molecule has 0 radical (unpaired) electrons. The molecule has 1 aromatic carbocycles. The molecule has 1 aromatic rings. The molecule has 0 atom stereocenters. The van der Waals surface area contributed by atoms with Gasteiger partial charge < -0.3 is 5.32 Å². The van der Waals surface area contributed by atoms with E-state index in [-0.39, 0.29) is 11.9 Å². The molecule has 0 fully saturated rings. The summed E-state index contributed by atoms with van der Waals surface area (Å²) in [4.78, 5) is 25.8. The number of rotatable bonds is 7. The lowest BCUT2D eigenvalue weighted by Crippen LogP contribution is -2.44. The van der Waals surface area contributed by atoms with Crippen LogP contribution in [0.3, 0.4) is 0 Å². The highest BCUT2D eigenvalue weighted by Gasteiger charge is 2.21. The molecule has 0 bridgehead atoms. The van der Waals surface area contributed by atoms with Crippen LogP contribution in [-0.4, -0.2) is 29.9 Å². The SMILES string of the molecule is CCCCNC(=O)N(CCCC)C(=O)c1ccccc1. The molecule has 20 heavy (non-hydrogen) atoms. The van der Waals surface area contributed by atoms with Crippen LogP contribution in [0.15, 0.2) is 30.3 Å². The van der Waals surface area contributed by atoms with Crippen LogP contribution in [0, 0.1) is 0 Å². The van der Waals surface area contributed by atoms with Crippen LogP contribution in [-0.2, 0) is 0 Å². The van der Waals surface area contributed by atoms with Crippen molar-refractivity contribution >= 4 is 11.9 Å². The molecule has 1 N–H and O–H groups in total. The number of carbonyl (C=O) groups excluding carboxylic acids is 2. The molecule has 1 rings (SSSR count). The molecule has 0 aliphatic carbocycles. The van der Waals surface area contributed by atoms with Gasteiger partial charge in [0.25, 0.3) is 5.91 Å². The number of urea groups is 1. The Bertz CT molecular complexity index is 418. The van der Waals surface area contributed by atoms with Crippen molar-refractivity contribution in [1.82, 2.24) is 10.2 Å². The first-order chi connectivity index (χ1) is 9.70. The fourth-order valence-electron chi connectivity index (χ4n) is 1.82. The predicted octanol–water partition coefficient (Wildman–Crippen LogP) is 3.44. The number of nitrogens with zero attached hydrogens (tertiary/aromatic N) is 1. The maximum Gasteiger partial charge on any atom is 0.324 e. The zero-order valence-electron chi connectivity index (χ0n) is 12.4. The van der Waals surface area contributed by atoms with Gasteiger partial charge in [0, 0.05) is 18.7 Å². The minimum Gasteiger partial charge on any atom is -0.338 e. The molecule has 0 aliphatic rings. The van der Waals surface area contributed by atoms with E-state index in [0.717, 1.165) is 25.7 Å². The summed E-state index contributed by atoms with van der Waals surface area (Å²) in [6.45, 7) is 5.18. The Balaban J connectivity index is 2.72. The Morgan fingerprint density at radius 1 is 1.05 bits per heavy atom. The van der Waals surface area contributed by atoms with Crippen LogP contribution >= 0.6 is 0 Å². The molecule has 0 aliphatic heterocycles. The van der Waals surface area contributed by atoms with E-state index in [9.17, 15) is 9.59 Å². The molecule has 4 nitrogen and oxygen atoms in total. The topological polar surface area (TPSA) is 49.4 Å². The third kappa shape index (κ3) is 5.03. The average molecular weight is 276 g/mol. The molecule has 0 saturated carbocycles. The van der Waals surface area contributed by atoms with E-state index in [1.54, 1.807) is 24.3 Å². The second-order valence-corrected chi connectivity index (χ2v) is 4.76. The third-order valence-corrected chi connectivity index (χ3v) is 3.05. The molecule has 0 unspecified atom stereocenters. The van der Waals surface area contributed by atoms with Crippen LogP contribution in [0.5, 0.6) is 0 Å². The van der Waals surface area contributed by atoms with Crippen LogP contribution in [0.25, 0.3) is 0 Å². The molecule has 110 valence electrons. The lowest BCUT2D eigenvalue weighted by Gasteiger charge is -2.21. The molecule has 0 saturated heterocycles. The highest BCUT2D eigenvalue weighted by atomic mass is 16.2. The number of nitrogens with one attached hydrogen (secondary N) is 1. The molecule has 3 amide bonds. The summed E-state index contributed by atoms with van der Waals surface area (Å²) in [5, 5.41) is 2.81. The van der Waals surface area contributed by atoms with Crippen LogP contribution in [0.2, 0.25) is 0 Å². The number of hydrogen-bond acceptors (Lipinski definition) is 2. The fraction of sp³-hybridized carbons (Fsp3) is 0.500. The van der Waals surface area contributed by atoms with E-state index in [1.807, 2.05) is 13.0 Å². The molecule has 0 heterocycles. The normalized spacial score (nSPS) is 10.1. The number of amides is 3. The van der Waals surface area contributed by atoms with Gasteiger partial charge in [-0.15, -0.1) is 0 Å². The van der Waals surface area contributed by atoms with E-state index in [0.29, 0.717) is 18.7 Å². The zero-order chi connectivity index (χ0) is 14.8. The Labute approximate surface area is 121 Å². The first kappa shape index (κ1) is 16.2.